The van der Waals surface area contributed by atoms with Gasteiger partial charge in [0.15, 0.2) is 0 Å². The zero-order valence-electron chi connectivity index (χ0n) is 13.2. The van der Waals surface area contributed by atoms with Gasteiger partial charge in [-0.1, -0.05) is 0 Å². The Kier molecular flexibility index (Phi) is 4.52. The van der Waals surface area contributed by atoms with E-state index < -0.39 is 0 Å². The summed E-state index contributed by atoms with van der Waals surface area (Å²) in [4.78, 5) is 28.7. The number of amides is 1. The highest BCUT2D eigenvalue weighted by Crippen LogP contribution is 2.15. The van der Waals surface area contributed by atoms with Crippen molar-refractivity contribution in [1.82, 2.24) is 19.9 Å². The van der Waals surface area contributed by atoms with Gasteiger partial charge in [-0.15, -0.1) is 0 Å². The molecule has 8 nitrogen and oxygen atoms in total. The van der Waals surface area contributed by atoms with Crippen molar-refractivity contribution in [3.8, 4) is 11.8 Å². The molecule has 1 aliphatic heterocycles. The molecule has 0 spiro atoms. The fourth-order valence-electron chi connectivity index (χ4n) is 2.48. The first-order valence-corrected chi connectivity index (χ1v) is 7.46. The quantitative estimate of drug-likeness (QED) is 0.820. The van der Waals surface area contributed by atoms with Crippen LogP contribution in [-0.2, 0) is 0 Å². The highest BCUT2D eigenvalue weighted by atomic mass is 16.5. The van der Waals surface area contributed by atoms with Gasteiger partial charge >= 0.3 is 0 Å². The lowest BCUT2D eigenvalue weighted by Crippen LogP contribution is -2.49. The van der Waals surface area contributed by atoms with E-state index in [-0.39, 0.29) is 5.91 Å². The van der Waals surface area contributed by atoms with Crippen LogP contribution in [0.1, 0.15) is 15.9 Å². The highest BCUT2D eigenvalue weighted by molar-refractivity contribution is 5.94. The molecule has 0 bridgehead atoms. The van der Waals surface area contributed by atoms with Crippen LogP contribution in [0.3, 0.4) is 0 Å². The van der Waals surface area contributed by atoms with Crippen LogP contribution in [0.15, 0.2) is 30.9 Å². The summed E-state index contributed by atoms with van der Waals surface area (Å²) in [6.45, 7) is 2.41. The van der Waals surface area contributed by atoms with E-state index in [0.717, 1.165) is 0 Å². The molecule has 0 aliphatic carbocycles. The minimum atomic E-state index is -0.0678. The number of carbonyl (C=O) groups is 1. The minimum absolute atomic E-state index is 0.0678. The Bertz CT molecular complexity index is 763. The van der Waals surface area contributed by atoms with Gasteiger partial charge in [-0.2, -0.15) is 5.26 Å². The van der Waals surface area contributed by atoms with Crippen molar-refractivity contribution in [3.63, 3.8) is 0 Å². The number of nitriles is 1. The maximum Gasteiger partial charge on any atom is 0.255 e. The molecule has 1 amide bonds. The summed E-state index contributed by atoms with van der Waals surface area (Å²) in [7, 11) is 1.54. The normalized spacial score (nSPS) is 14.2. The molecule has 1 aliphatic rings. The zero-order valence-corrected chi connectivity index (χ0v) is 13.2. The van der Waals surface area contributed by atoms with Gasteiger partial charge in [0.1, 0.15) is 11.8 Å². The summed E-state index contributed by atoms with van der Waals surface area (Å²) in [5, 5.41) is 8.78. The molecule has 0 aromatic carbocycles. The fraction of sp³-hybridized carbons (Fsp3) is 0.312. The Labute approximate surface area is 139 Å². The third kappa shape index (κ3) is 3.25. The van der Waals surface area contributed by atoms with Crippen LogP contribution in [0.4, 0.5) is 5.95 Å². The van der Waals surface area contributed by atoms with Crippen LogP contribution in [-0.4, -0.2) is 59.0 Å². The van der Waals surface area contributed by atoms with Crippen LogP contribution in [0, 0.1) is 11.3 Å². The Morgan fingerprint density at radius 1 is 1.17 bits per heavy atom. The summed E-state index contributed by atoms with van der Waals surface area (Å²) >= 11 is 0. The number of nitrogens with zero attached hydrogens (tertiary/aromatic N) is 6. The summed E-state index contributed by atoms with van der Waals surface area (Å²) < 4.78 is 5.11. The molecule has 24 heavy (non-hydrogen) atoms. The van der Waals surface area contributed by atoms with Gasteiger partial charge in [-0.3, -0.25) is 9.78 Å². The van der Waals surface area contributed by atoms with Gasteiger partial charge in [-0.05, 0) is 6.07 Å². The maximum atomic E-state index is 12.5. The molecule has 0 saturated carbocycles. The van der Waals surface area contributed by atoms with E-state index in [2.05, 4.69) is 15.0 Å². The van der Waals surface area contributed by atoms with E-state index in [1.165, 1.54) is 12.4 Å². The zero-order chi connectivity index (χ0) is 16.9. The molecule has 1 fully saturated rings. The van der Waals surface area contributed by atoms with Crippen molar-refractivity contribution in [1.29, 1.82) is 5.26 Å². The van der Waals surface area contributed by atoms with Gasteiger partial charge in [0, 0.05) is 32.4 Å². The van der Waals surface area contributed by atoms with Gasteiger partial charge in [0.2, 0.25) is 5.95 Å². The van der Waals surface area contributed by atoms with E-state index in [4.69, 9.17) is 10.00 Å². The second kappa shape index (κ2) is 6.91. The van der Waals surface area contributed by atoms with Crippen molar-refractivity contribution in [2.24, 2.45) is 0 Å². The predicted octanol–water partition coefficient (Wildman–Crippen LogP) is 0.714. The van der Waals surface area contributed by atoms with Crippen LogP contribution >= 0.6 is 0 Å². The Morgan fingerprint density at radius 2 is 1.88 bits per heavy atom. The van der Waals surface area contributed by atoms with E-state index in [1.807, 2.05) is 11.0 Å². The molecular weight excluding hydrogens is 308 g/mol. The number of ether oxygens (including phenoxy) is 1. The number of carbonyl (C=O) groups excluding carboxylic acids is 1. The monoisotopic (exact) mass is 324 g/mol. The second-order valence-corrected chi connectivity index (χ2v) is 5.28. The van der Waals surface area contributed by atoms with Crippen LogP contribution < -0.4 is 9.64 Å². The third-order valence-corrected chi connectivity index (χ3v) is 3.81. The number of rotatable bonds is 3. The third-order valence-electron chi connectivity index (χ3n) is 3.81. The molecule has 3 heterocycles. The summed E-state index contributed by atoms with van der Waals surface area (Å²) in [6.07, 6.45) is 6.11. The smallest absolute Gasteiger partial charge is 0.255 e. The molecule has 0 unspecified atom stereocenters. The van der Waals surface area contributed by atoms with Gasteiger partial charge in [0.05, 0.1) is 36.8 Å². The number of pyridine rings is 1. The largest absolute Gasteiger partial charge is 0.495 e. The van der Waals surface area contributed by atoms with E-state index >= 15 is 0 Å². The van der Waals surface area contributed by atoms with Gasteiger partial charge in [0.25, 0.3) is 5.91 Å². The van der Waals surface area contributed by atoms with Gasteiger partial charge in [-0.25, -0.2) is 9.97 Å². The lowest BCUT2D eigenvalue weighted by molar-refractivity contribution is 0.0745. The molecule has 122 valence electrons. The topological polar surface area (TPSA) is 95.2 Å². The molecule has 0 N–H and O–H groups in total. The minimum Gasteiger partial charge on any atom is -0.495 e. The predicted molar refractivity (Wildman–Crippen MR) is 85.7 cm³/mol. The van der Waals surface area contributed by atoms with E-state index in [0.29, 0.717) is 49.0 Å². The molecule has 8 heteroatoms. The first-order valence-electron chi connectivity index (χ1n) is 7.46. The SMILES string of the molecule is COc1cncc(C(=O)N2CCN(c3ncc(C#N)cn3)CC2)c1. The van der Waals surface area contributed by atoms with Crippen molar-refractivity contribution < 1.29 is 9.53 Å². The summed E-state index contributed by atoms with van der Waals surface area (Å²) in [6, 6.07) is 3.68. The average molecular weight is 324 g/mol. The molecule has 2 aromatic rings. The molecule has 1 saturated heterocycles. The summed E-state index contributed by atoms with van der Waals surface area (Å²) in [5.74, 6) is 1.07. The van der Waals surface area contributed by atoms with Crippen LogP contribution in [0.5, 0.6) is 5.75 Å². The number of methoxy groups -OCH3 is 1. The molecule has 0 atom stereocenters. The maximum absolute atomic E-state index is 12.5. The molecule has 0 radical (unpaired) electrons. The average Bonchev–Trinajstić information content (AvgIpc) is 2.67. The molecular formula is C16H16N6O2. The van der Waals surface area contributed by atoms with Gasteiger partial charge < -0.3 is 14.5 Å². The lowest BCUT2D eigenvalue weighted by Gasteiger charge is -2.34. The standard InChI is InChI=1S/C16H16N6O2/c1-24-14-6-13(10-18-11-14)15(23)21-2-4-22(5-3-21)16-19-8-12(7-17)9-20-16/h6,8-11H,2-5H2,1H3. The second-order valence-electron chi connectivity index (χ2n) is 5.28. The Balaban J connectivity index is 1.63. The van der Waals surface area contributed by atoms with E-state index in [1.54, 1.807) is 30.5 Å². The van der Waals surface area contributed by atoms with Crippen molar-refractivity contribution in [2.45, 2.75) is 0 Å². The molecule has 3 rings (SSSR count). The number of hydrogen-bond donors (Lipinski definition) is 0. The van der Waals surface area contributed by atoms with Crippen molar-refractivity contribution >= 4 is 11.9 Å². The highest BCUT2D eigenvalue weighted by Gasteiger charge is 2.23. The first-order chi connectivity index (χ1) is 11.7. The van der Waals surface area contributed by atoms with Crippen molar-refractivity contribution in [3.05, 3.63) is 42.0 Å². The molecule has 2 aromatic heterocycles. The lowest BCUT2D eigenvalue weighted by atomic mass is 10.2. The number of piperazine rings is 1. The van der Waals surface area contributed by atoms with E-state index in [9.17, 15) is 4.79 Å². The Morgan fingerprint density at radius 3 is 2.50 bits per heavy atom. The Hall–Kier alpha value is -3.21. The van der Waals surface area contributed by atoms with Crippen molar-refractivity contribution in [2.75, 3.05) is 38.2 Å². The van der Waals surface area contributed by atoms with Crippen LogP contribution in [0.25, 0.3) is 0 Å². The number of anilines is 1. The fourth-order valence-corrected chi connectivity index (χ4v) is 2.48. The summed E-state index contributed by atoms with van der Waals surface area (Å²) in [5.41, 5.74) is 0.940. The first kappa shape index (κ1) is 15.7. The van der Waals surface area contributed by atoms with Crippen LogP contribution in [0.2, 0.25) is 0 Å². The number of hydrogen-bond acceptors (Lipinski definition) is 7. The number of aromatic nitrogens is 3.